The lowest BCUT2D eigenvalue weighted by Gasteiger charge is -2.05. The van der Waals surface area contributed by atoms with Gasteiger partial charge in [0.2, 0.25) is 5.88 Å². The first kappa shape index (κ1) is 11.6. The first-order valence-corrected chi connectivity index (χ1v) is 6.72. The molecule has 2 heterocycles. The summed E-state index contributed by atoms with van der Waals surface area (Å²) < 4.78 is 20.2. The lowest BCUT2D eigenvalue weighted by Crippen LogP contribution is -1.90. The van der Waals surface area contributed by atoms with Crippen LogP contribution in [0.15, 0.2) is 40.4 Å². The SMILES string of the molecule is Fc1cc(Oc2ncnc3ccsc23)ccc1Br. The number of rotatable bonds is 2. The van der Waals surface area contributed by atoms with Crippen molar-refractivity contribution in [2.24, 2.45) is 0 Å². The van der Waals surface area contributed by atoms with Crippen LogP contribution in [0.4, 0.5) is 4.39 Å². The predicted octanol–water partition coefficient (Wildman–Crippen LogP) is 4.39. The van der Waals surface area contributed by atoms with Crippen molar-refractivity contribution in [3.05, 3.63) is 46.3 Å². The highest BCUT2D eigenvalue weighted by molar-refractivity contribution is 9.10. The lowest BCUT2D eigenvalue weighted by molar-refractivity contribution is 0.463. The van der Waals surface area contributed by atoms with Crippen molar-refractivity contribution in [3.8, 4) is 11.6 Å². The third-order valence-corrected chi connectivity index (χ3v) is 3.85. The van der Waals surface area contributed by atoms with Crippen LogP contribution in [0, 0.1) is 5.82 Å². The number of hydrogen-bond donors (Lipinski definition) is 0. The Morgan fingerprint density at radius 1 is 1.22 bits per heavy atom. The summed E-state index contributed by atoms with van der Waals surface area (Å²) >= 11 is 4.58. The number of fused-ring (bicyclic) bond motifs is 1. The molecule has 0 saturated carbocycles. The van der Waals surface area contributed by atoms with Crippen LogP contribution in [0.25, 0.3) is 10.2 Å². The molecular weight excluding hydrogens is 319 g/mol. The van der Waals surface area contributed by atoms with Crippen LogP contribution in [0.1, 0.15) is 0 Å². The average Bonchev–Trinajstić information content (AvgIpc) is 2.83. The monoisotopic (exact) mass is 324 g/mol. The van der Waals surface area contributed by atoms with Gasteiger partial charge in [-0.15, -0.1) is 11.3 Å². The lowest BCUT2D eigenvalue weighted by atomic mass is 10.3. The van der Waals surface area contributed by atoms with Gasteiger partial charge >= 0.3 is 0 Å². The third-order valence-electron chi connectivity index (χ3n) is 2.32. The van der Waals surface area contributed by atoms with E-state index in [-0.39, 0.29) is 5.82 Å². The molecule has 18 heavy (non-hydrogen) atoms. The Morgan fingerprint density at radius 2 is 2.11 bits per heavy atom. The summed E-state index contributed by atoms with van der Waals surface area (Å²) in [5.74, 6) is 0.477. The van der Waals surface area contributed by atoms with Crippen molar-refractivity contribution in [1.82, 2.24) is 9.97 Å². The number of halogens is 2. The van der Waals surface area contributed by atoms with Crippen molar-refractivity contribution < 1.29 is 9.13 Å². The molecule has 0 aliphatic rings. The zero-order valence-electron chi connectivity index (χ0n) is 8.93. The molecule has 0 spiro atoms. The van der Waals surface area contributed by atoms with Crippen molar-refractivity contribution in [2.75, 3.05) is 0 Å². The van der Waals surface area contributed by atoms with Crippen LogP contribution < -0.4 is 4.74 Å². The Bertz CT molecular complexity index is 716. The molecular formula is C12H6BrFN2OS. The normalized spacial score (nSPS) is 10.8. The van der Waals surface area contributed by atoms with Gasteiger partial charge in [-0.1, -0.05) is 0 Å². The molecule has 0 amide bonds. The number of nitrogens with zero attached hydrogens (tertiary/aromatic N) is 2. The molecule has 0 unspecified atom stereocenters. The third kappa shape index (κ3) is 2.09. The fourth-order valence-corrected chi connectivity index (χ4v) is 2.51. The van der Waals surface area contributed by atoms with Crippen molar-refractivity contribution in [1.29, 1.82) is 0 Å². The van der Waals surface area contributed by atoms with Gasteiger partial charge in [-0.25, -0.2) is 14.4 Å². The molecule has 0 saturated heterocycles. The van der Waals surface area contributed by atoms with Gasteiger partial charge in [0, 0.05) is 6.07 Å². The van der Waals surface area contributed by atoms with E-state index in [1.165, 1.54) is 23.7 Å². The molecule has 0 fully saturated rings. The van der Waals surface area contributed by atoms with Crippen LogP contribution in [0.2, 0.25) is 0 Å². The minimum absolute atomic E-state index is 0.371. The fraction of sp³-hybridized carbons (Fsp3) is 0. The van der Waals surface area contributed by atoms with Gasteiger partial charge in [0.15, 0.2) is 0 Å². The molecule has 3 nitrogen and oxygen atoms in total. The van der Waals surface area contributed by atoms with Gasteiger partial charge in [0.1, 0.15) is 22.6 Å². The number of aromatic nitrogens is 2. The van der Waals surface area contributed by atoms with Crippen LogP contribution in [-0.4, -0.2) is 9.97 Å². The second-order valence-corrected chi connectivity index (χ2v) is 5.26. The standard InChI is InChI=1S/C12H6BrFN2OS/c13-8-2-1-7(5-9(8)14)17-12-11-10(3-4-18-11)15-6-16-12/h1-6H. The average molecular weight is 325 g/mol. The summed E-state index contributed by atoms with van der Waals surface area (Å²) in [6, 6.07) is 6.47. The summed E-state index contributed by atoms with van der Waals surface area (Å²) in [5, 5.41) is 1.91. The van der Waals surface area contributed by atoms with Gasteiger partial charge in [-0.3, -0.25) is 0 Å². The number of ether oxygens (including phenoxy) is 1. The van der Waals surface area contributed by atoms with Crippen LogP contribution in [0.3, 0.4) is 0 Å². The quantitative estimate of drug-likeness (QED) is 0.701. The largest absolute Gasteiger partial charge is 0.437 e. The molecule has 0 atom stereocenters. The Hall–Kier alpha value is -1.53. The summed E-state index contributed by atoms with van der Waals surface area (Å²) in [7, 11) is 0. The van der Waals surface area contributed by atoms with E-state index < -0.39 is 0 Å². The van der Waals surface area contributed by atoms with Crippen molar-refractivity contribution in [3.63, 3.8) is 0 Å². The maximum absolute atomic E-state index is 13.4. The smallest absolute Gasteiger partial charge is 0.240 e. The van der Waals surface area contributed by atoms with E-state index in [0.717, 1.165) is 10.2 Å². The minimum atomic E-state index is -0.371. The number of hydrogen-bond acceptors (Lipinski definition) is 4. The minimum Gasteiger partial charge on any atom is -0.437 e. The molecule has 2 aromatic heterocycles. The molecule has 6 heteroatoms. The number of thiophene rings is 1. The Balaban J connectivity index is 2.01. The number of benzene rings is 1. The van der Waals surface area contributed by atoms with E-state index >= 15 is 0 Å². The Kier molecular flexibility index (Phi) is 2.97. The molecule has 0 N–H and O–H groups in total. The molecule has 3 rings (SSSR count). The highest BCUT2D eigenvalue weighted by Gasteiger charge is 2.08. The van der Waals surface area contributed by atoms with Crippen LogP contribution in [0.5, 0.6) is 11.6 Å². The summed E-state index contributed by atoms with van der Waals surface area (Å²) in [6.45, 7) is 0. The summed E-state index contributed by atoms with van der Waals surface area (Å²) in [4.78, 5) is 8.18. The molecule has 3 aromatic rings. The molecule has 1 aromatic carbocycles. The van der Waals surface area contributed by atoms with E-state index in [2.05, 4.69) is 25.9 Å². The zero-order valence-corrected chi connectivity index (χ0v) is 11.3. The predicted molar refractivity (Wildman–Crippen MR) is 71.6 cm³/mol. The topological polar surface area (TPSA) is 35.0 Å². The highest BCUT2D eigenvalue weighted by atomic mass is 79.9. The van der Waals surface area contributed by atoms with Crippen LogP contribution >= 0.6 is 27.3 Å². The van der Waals surface area contributed by atoms with Gasteiger partial charge in [-0.2, -0.15) is 0 Å². The molecule has 0 radical (unpaired) electrons. The van der Waals surface area contributed by atoms with Gasteiger partial charge in [-0.05, 0) is 39.5 Å². The molecule has 0 bridgehead atoms. The second-order valence-electron chi connectivity index (χ2n) is 3.49. The van der Waals surface area contributed by atoms with Crippen LogP contribution in [-0.2, 0) is 0 Å². The second kappa shape index (κ2) is 4.62. The van der Waals surface area contributed by atoms with E-state index in [1.54, 1.807) is 12.1 Å². The molecule has 0 aliphatic carbocycles. The van der Waals surface area contributed by atoms with Crippen molar-refractivity contribution >= 4 is 37.5 Å². The first-order valence-electron chi connectivity index (χ1n) is 5.05. The van der Waals surface area contributed by atoms with Gasteiger partial charge < -0.3 is 4.74 Å². The Morgan fingerprint density at radius 3 is 2.94 bits per heavy atom. The summed E-state index contributed by atoms with van der Waals surface area (Å²) in [6.07, 6.45) is 1.43. The van der Waals surface area contributed by atoms with Gasteiger partial charge in [0.25, 0.3) is 0 Å². The van der Waals surface area contributed by atoms with E-state index in [0.29, 0.717) is 16.1 Å². The first-order chi connectivity index (χ1) is 8.74. The fourth-order valence-electron chi connectivity index (χ4n) is 1.49. The highest BCUT2D eigenvalue weighted by Crippen LogP contribution is 2.31. The van der Waals surface area contributed by atoms with E-state index in [4.69, 9.17) is 4.74 Å². The maximum atomic E-state index is 13.4. The molecule has 90 valence electrons. The Labute approximate surface area is 114 Å². The van der Waals surface area contributed by atoms with Crippen molar-refractivity contribution in [2.45, 2.75) is 0 Å². The molecule has 0 aliphatic heterocycles. The maximum Gasteiger partial charge on any atom is 0.240 e. The zero-order chi connectivity index (χ0) is 12.5. The summed E-state index contributed by atoms with van der Waals surface area (Å²) in [5.41, 5.74) is 0.822. The van der Waals surface area contributed by atoms with Gasteiger partial charge in [0.05, 0.1) is 9.99 Å². The van der Waals surface area contributed by atoms with E-state index in [1.807, 2.05) is 11.4 Å². The van der Waals surface area contributed by atoms with E-state index in [9.17, 15) is 4.39 Å².